The van der Waals surface area contributed by atoms with E-state index in [2.05, 4.69) is 16.0 Å². The summed E-state index contributed by atoms with van der Waals surface area (Å²) in [7, 11) is 1.59. The molecule has 0 bridgehead atoms. The number of anilines is 3. The molecule has 0 saturated heterocycles. The van der Waals surface area contributed by atoms with Crippen LogP contribution in [0.5, 0.6) is 5.75 Å². The number of non-ortho nitro benzene ring substituents is 1. The Morgan fingerprint density at radius 3 is 2.58 bits per heavy atom. The fraction of sp³-hybridized carbons (Fsp3) is 0.130. The molecule has 8 nitrogen and oxygen atoms in total. The Bertz CT molecular complexity index is 1190. The van der Waals surface area contributed by atoms with Gasteiger partial charge >= 0.3 is 0 Å². The van der Waals surface area contributed by atoms with E-state index in [0.29, 0.717) is 16.5 Å². The molecule has 0 unspecified atom stereocenters. The number of carbonyl (C=O) groups is 1. The van der Waals surface area contributed by atoms with Crippen LogP contribution in [0.4, 0.5) is 22.7 Å². The average molecular weight is 483 g/mol. The summed E-state index contributed by atoms with van der Waals surface area (Å²) < 4.78 is 5.31. The van der Waals surface area contributed by atoms with Gasteiger partial charge < -0.3 is 20.7 Å². The van der Waals surface area contributed by atoms with Gasteiger partial charge in [-0.15, -0.1) is 11.8 Å². The maximum atomic E-state index is 12.4. The van der Waals surface area contributed by atoms with Crippen molar-refractivity contribution in [2.45, 2.75) is 11.8 Å². The quantitative estimate of drug-likeness (QED) is 0.168. The van der Waals surface area contributed by atoms with E-state index < -0.39 is 4.92 Å². The van der Waals surface area contributed by atoms with Crippen LogP contribution in [-0.2, 0) is 4.79 Å². The highest BCUT2D eigenvalue weighted by molar-refractivity contribution is 8.00. The highest BCUT2D eigenvalue weighted by Gasteiger charge is 2.12. The van der Waals surface area contributed by atoms with Gasteiger partial charge in [-0.3, -0.25) is 14.9 Å². The number of rotatable bonds is 8. The Hall–Kier alpha value is -3.63. The number of amides is 1. The lowest BCUT2D eigenvalue weighted by atomic mass is 10.2. The van der Waals surface area contributed by atoms with Gasteiger partial charge in [0, 0.05) is 22.7 Å². The fourth-order valence-corrected chi connectivity index (χ4v) is 3.87. The Labute approximate surface area is 200 Å². The smallest absolute Gasteiger partial charge is 0.271 e. The molecule has 3 rings (SSSR count). The van der Waals surface area contributed by atoms with Crippen LogP contribution in [0.2, 0.25) is 0 Å². The van der Waals surface area contributed by atoms with Gasteiger partial charge in [0.05, 0.1) is 29.2 Å². The standard InChI is InChI=1S/C23H22N4O4S2/c1-15-10-11-17(27(29)30)13-20(15)25-22(28)14-33-18-7-5-6-16(12-18)24-23(32)26-19-8-3-4-9-21(19)31-2/h3-13H,14H2,1-2H3,(H,25,28)(H2,24,26,32). The molecule has 0 spiro atoms. The third kappa shape index (κ3) is 6.93. The highest BCUT2D eigenvalue weighted by atomic mass is 32.2. The van der Waals surface area contributed by atoms with Gasteiger partial charge in [0.25, 0.3) is 5.69 Å². The van der Waals surface area contributed by atoms with Crippen LogP contribution >= 0.6 is 24.0 Å². The number of nitrogens with one attached hydrogen (secondary N) is 3. The minimum Gasteiger partial charge on any atom is -0.495 e. The van der Waals surface area contributed by atoms with E-state index >= 15 is 0 Å². The van der Waals surface area contributed by atoms with E-state index in [4.69, 9.17) is 17.0 Å². The average Bonchev–Trinajstić information content (AvgIpc) is 2.79. The third-order valence-corrected chi connectivity index (χ3v) is 5.72. The summed E-state index contributed by atoms with van der Waals surface area (Å²) in [5.74, 6) is 0.571. The van der Waals surface area contributed by atoms with Gasteiger partial charge in [0.2, 0.25) is 5.91 Å². The lowest BCUT2D eigenvalue weighted by Crippen LogP contribution is -2.19. The second-order valence-electron chi connectivity index (χ2n) is 6.90. The number of nitro groups is 1. The summed E-state index contributed by atoms with van der Waals surface area (Å²) in [4.78, 5) is 23.7. The van der Waals surface area contributed by atoms with Crippen molar-refractivity contribution in [3.63, 3.8) is 0 Å². The topological polar surface area (TPSA) is 106 Å². The lowest BCUT2D eigenvalue weighted by molar-refractivity contribution is -0.384. The molecule has 0 radical (unpaired) electrons. The molecule has 0 heterocycles. The Morgan fingerprint density at radius 1 is 1.03 bits per heavy atom. The summed E-state index contributed by atoms with van der Waals surface area (Å²) in [6.45, 7) is 1.78. The van der Waals surface area contributed by atoms with E-state index in [0.717, 1.165) is 21.8 Å². The molecule has 170 valence electrons. The van der Waals surface area contributed by atoms with Crippen LogP contribution in [0.1, 0.15) is 5.56 Å². The third-order valence-electron chi connectivity index (χ3n) is 4.52. The zero-order valence-electron chi connectivity index (χ0n) is 18.0. The maximum Gasteiger partial charge on any atom is 0.271 e. The SMILES string of the molecule is COc1ccccc1NC(=S)Nc1cccc(SCC(=O)Nc2cc([N+](=O)[O-])ccc2C)c1. The zero-order chi connectivity index (χ0) is 23.8. The molecule has 0 aromatic heterocycles. The largest absolute Gasteiger partial charge is 0.495 e. The first-order valence-electron chi connectivity index (χ1n) is 9.84. The summed E-state index contributed by atoms with van der Waals surface area (Å²) >= 11 is 6.74. The molecule has 1 amide bonds. The number of nitro benzene ring substituents is 1. The molecule has 0 aliphatic rings. The number of nitrogens with zero attached hydrogens (tertiary/aromatic N) is 1. The fourth-order valence-electron chi connectivity index (χ4n) is 2.89. The van der Waals surface area contributed by atoms with Crippen molar-refractivity contribution in [3.05, 3.63) is 82.4 Å². The van der Waals surface area contributed by atoms with Gasteiger partial charge in [0.1, 0.15) is 5.75 Å². The minimum absolute atomic E-state index is 0.0694. The normalized spacial score (nSPS) is 10.2. The summed E-state index contributed by atoms with van der Waals surface area (Å²) in [6.07, 6.45) is 0. The summed E-state index contributed by atoms with van der Waals surface area (Å²) in [5, 5.41) is 20.3. The van der Waals surface area contributed by atoms with Crippen LogP contribution in [0.25, 0.3) is 0 Å². The zero-order valence-corrected chi connectivity index (χ0v) is 19.6. The van der Waals surface area contributed by atoms with Gasteiger partial charge in [-0.2, -0.15) is 0 Å². The van der Waals surface area contributed by atoms with Gasteiger partial charge in [-0.1, -0.05) is 24.3 Å². The van der Waals surface area contributed by atoms with Crippen molar-refractivity contribution in [1.29, 1.82) is 0 Å². The molecule has 3 aromatic carbocycles. The number of thiocarbonyl (C=S) groups is 1. The number of carbonyl (C=O) groups excluding carboxylic acids is 1. The first-order valence-corrected chi connectivity index (χ1v) is 11.2. The molecular weight excluding hydrogens is 460 g/mol. The molecular formula is C23H22N4O4S2. The predicted molar refractivity (Wildman–Crippen MR) is 136 cm³/mol. The van der Waals surface area contributed by atoms with Crippen LogP contribution < -0.4 is 20.7 Å². The van der Waals surface area contributed by atoms with Crippen molar-refractivity contribution in [3.8, 4) is 5.75 Å². The number of thioether (sulfide) groups is 1. The Kier molecular flexibility index (Phi) is 8.22. The van der Waals surface area contributed by atoms with E-state index in [1.54, 1.807) is 20.1 Å². The van der Waals surface area contributed by atoms with Crippen LogP contribution in [0.3, 0.4) is 0 Å². The number of methoxy groups -OCH3 is 1. The first kappa shape index (κ1) is 24.0. The number of hydrogen-bond donors (Lipinski definition) is 3. The molecule has 3 aromatic rings. The molecule has 3 N–H and O–H groups in total. The van der Waals surface area contributed by atoms with E-state index in [1.165, 1.54) is 23.9 Å². The molecule has 0 aliphatic heterocycles. The lowest BCUT2D eigenvalue weighted by Gasteiger charge is -2.14. The van der Waals surface area contributed by atoms with Crippen molar-refractivity contribution in [2.75, 3.05) is 28.8 Å². The summed E-state index contributed by atoms with van der Waals surface area (Å²) in [5.41, 5.74) is 2.62. The monoisotopic (exact) mass is 482 g/mol. The van der Waals surface area contributed by atoms with Crippen molar-refractivity contribution >= 4 is 57.7 Å². The molecule has 0 atom stereocenters. The molecule has 0 aliphatic carbocycles. The number of para-hydroxylation sites is 2. The van der Waals surface area contributed by atoms with Crippen molar-refractivity contribution in [1.82, 2.24) is 0 Å². The Balaban J connectivity index is 1.57. The van der Waals surface area contributed by atoms with Crippen molar-refractivity contribution in [2.24, 2.45) is 0 Å². The summed E-state index contributed by atoms with van der Waals surface area (Å²) in [6, 6.07) is 19.3. The first-order chi connectivity index (χ1) is 15.9. The molecule has 33 heavy (non-hydrogen) atoms. The van der Waals surface area contributed by atoms with Gasteiger partial charge in [0.15, 0.2) is 5.11 Å². The maximum absolute atomic E-state index is 12.4. The second-order valence-corrected chi connectivity index (χ2v) is 8.36. The molecule has 0 fully saturated rings. The Morgan fingerprint density at radius 2 is 1.82 bits per heavy atom. The predicted octanol–water partition coefficient (Wildman–Crippen LogP) is 5.45. The van der Waals surface area contributed by atoms with E-state index in [1.807, 2.05) is 48.5 Å². The molecule has 10 heteroatoms. The van der Waals surface area contributed by atoms with Crippen LogP contribution in [0.15, 0.2) is 71.6 Å². The number of benzene rings is 3. The highest BCUT2D eigenvalue weighted by Crippen LogP contribution is 2.26. The molecule has 0 saturated carbocycles. The van der Waals surface area contributed by atoms with Crippen molar-refractivity contribution < 1.29 is 14.5 Å². The van der Waals surface area contributed by atoms with Crippen LogP contribution in [0, 0.1) is 17.0 Å². The minimum atomic E-state index is -0.491. The van der Waals surface area contributed by atoms with Gasteiger partial charge in [-0.25, -0.2) is 0 Å². The van der Waals surface area contributed by atoms with E-state index in [-0.39, 0.29) is 17.3 Å². The number of hydrogen-bond acceptors (Lipinski definition) is 6. The van der Waals surface area contributed by atoms with Gasteiger partial charge in [-0.05, 0) is 55.0 Å². The van der Waals surface area contributed by atoms with E-state index in [9.17, 15) is 14.9 Å². The van der Waals surface area contributed by atoms with Crippen LogP contribution in [-0.4, -0.2) is 28.8 Å². The number of ether oxygens (including phenoxy) is 1. The second kappa shape index (κ2) is 11.3. The number of aryl methyl sites for hydroxylation is 1.